The highest BCUT2D eigenvalue weighted by Gasteiger charge is 2.36. The van der Waals surface area contributed by atoms with Gasteiger partial charge >= 0.3 is 0 Å². The summed E-state index contributed by atoms with van der Waals surface area (Å²) < 4.78 is 0. The quantitative estimate of drug-likeness (QED) is 0.864. The molecule has 92 valence electrons. The zero-order valence-electron chi connectivity index (χ0n) is 10.5. The number of carbonyl (C=O) groups is 1. The molecule has 1 heterocycles. The Bertz CT molecular complexity index is 377. The lowest BCUT2D eigenvalue weighted by atomic mass is 10.1. The topological polar surface area (TPSA) is 32.3 Å². The lowest BCUT2D eigenvalue weighted by Crippen LogP contribution is -2.28. The molecule has 0 spiro atoms. The number of nitrogens with zero attached hydrogens (tertiary/aromatic N) is 1. The Morgan fingerprint density at radius 2 is 2.00 bits per heavy atom. The van der Waals surface area contributed by atoms with Crippen LogP contribution in [0.25, 0.3) is 0 Å². The first-order valence-electron chi connectivity index (χ1n) is 6.31. The van der Waals surface area contributed by atoms with E-state index >= 15 is 0 Å². The fourth-order valence-corrected chi connectivity index (χ4v) is 2.32. The molecule has 3 nitrogen and oxygen atoms in total. The van der Waals surface area contributed by atoms with Crippen LogP contribution in [0.15, 0.2) is 30.3 Å². The lowest BCUT2D eigenvalue weighted by molar-refractivity contribution is -0.128. The first-order valence-corrected chi connectivity index (χ1v) is 6.31. The van der Waals surface area contributed by atoms with Crippen molar-refractivity contribution >= 4 is 5.91 Å². The number of amides is 1. The van der Waals surface area contributed by atoms with E-state index in [-0.39, 0.29) is 18.1 Å². The molecule has 1 N–H and O–H groups in total. The van der Waals surface area contributed by atoms with Crippen molar-refractivity contribution in [1.82, 2.24) is 10.2 Å². The van der Waals surface area contributed by atoms with Crippen LogP contribution in [-0.4, -0.2) is 23.9 Å². The van der Waals surface area contributed by atoms with Crippen molar-refractivity contribution in [2.75, 3.05) is 7.05 Å². The predicted octanol–water partition coefficient (Wildman–Crippen LogP) is 2.31. The first-order chi connectivity index (χ1) is 8.24. The third-order valence-electron chi connectivity index (χ3n) is 3.35. The summed E-state index contributed by atoms with van der Waals surface area (Å²) in [5.74, 6) is 0.215. The molecule has 2 atom stereocenters. The van der Waals surface area contributed by atoms with Gasteiger partial charge in [0.1, 0.15) is 6.17 Å². The number of carbonyl (C=O) groups excluding carboxylic acids is 1. The molecular weight excluding hydrogens is 212 g/mol. The molecule has 1 aliphatic rings. The molecule has 0 aliphatic carbocycles. The normalized spacial score (nSPS) is 24.4. The Hall–Kier alpha value is -1.35. The van der Waals surface area contributed by atoms with Crippen molar-refractivity contribution in [3.63, 3.8) is 0 Å². The molecule has 1 fully saturated rings. The van der Waals surface area contributed by atoms with Gasteiger partial charge in [0.05, 0.1) is 6.04 Å². The van der Waals surface area contributed by atoms with Gasteiger partial charge in [0, 0.05) is 7.05 Å². The van der Waals surface area contributed by atoms with Gasteiger partial charge in [-0.05, 0) is 12.0 Å². The summed E-state index contributed by atoms with van der Waals surface area (Å²) in [6.07, 6.45) is 3.19. The van der Waals surface area contributed by atoms with E-state index in [4.69, 9.17) is 0 Å². The zero-order valence-corrected chi connectivity index (χ0v) is 10.5. The fourth-order valence-electron chi connectivity index (χ4n) is 2.32. The van der Waals surface area contributed by atoms with Crippen LogP contribution in [0.5, 0.6) is 0 Å². The summed E-state index contributed by atoms with van der Waals surface area (Å²) >= 11 is 0. The van der Waals surface area contributed by atoms with Crippen LogP contribution in [0.1, 0.15) is 37.9 Å². The van der Waals surface area contributed by atoms with Crippen LogP contribution < -0.4 is 5.32 Å². The molecule has 17 heavy (non-hydrogen) atoms. The zero-order chi connectivity index (χ0) is 12.3. The number of nitrogens with one attached hydrogen (secondary N) is 1. The Balaban J connectivity index is 2.09. The van der Waals surface area contributed by atoms with Gasteiger partial charge in [-0.25, -0.2) is 0 Å². The summed E-state index contributed by atoms with van der Waals surface area (Å²) in [5, 5.41) is 3.42. The third-order valence-corrected chi connectivity index (χ3v) is 3.35. The lowest BCUT2D eigenvalue weighted by Gasteiger charge is -2.19. The van der Waals surface area contributed by atoms with Crippen LogP contribution >= 0.6 is 0 Å². The van der Waals surface area contributed by atoms with Gasteiger partial charge < -0.3 is 4.90 Å². The summed E-state index contributed by atoms with van der Waals surface area (Å²) in [6, 6.07) is 10.1. The summed E-state index contributed by atoms with van der Waals surface area (Å²) in [5.41, 5.74) is 1.15. The second kappa shape index (κ2) is 5.32. The largest absolute Gasteiger partial charge is 0.325 e. The van der Waals surface area contributed by atoms with Crippen LogP contribution in [0.4, 0.5) is 0 Å². The van der Waals surface area contributed by atoms with E-state index in [1.165, 1.54) is 0 Å². The predicted molar refractivity (Wildman–Crippen MR) is 68.4 cm³/mol. The van der Waals surface area contributed by atoms with E-state index in [2.05, 4.69) is 24.4 Å². The Morgan fingerprint density at radius 1 is 1.29 bits per heavy atom. The monoisotopic (exact) mass is 232 g/mol. The van der Waals surface area contributed by atoms with Crippen molar-refractivity contribution in [3.8, 4) is 0 Å². The Labute approximate surface area is 103 Å². The molecule has 2 unspecified atom stereocenters. The van der Waals surface area contributed by atoms with E-state index in [0.717, 1.165) is 24.8 Å². The molecule has 0 bridgehead atoms. The average molecular weight is 232 g/mol. The minimum Gasteiger partial charge on any atom is -0.325 e. The van der Waals surface area contributed by atoms with E-state index in [1.54, 1.807) is 0 Å². The van der Waals surface area contributed by atoms with Crippen molar-refractivity contribution in [1.29, 1.82) is 0 Å². The number of hydrogen-bond donors (Lipinski definition) is 1. The molecular formula is C14H20N2O. The van der Waals surface area contributed by atoms with Crippen LogP contribution in [0, 0.1) is 0 Å². The molecule has 0 saturated carbocycles. The summed E-state index contributed by atoms with van der Waals surface area (Å²) in [7, 11) is 1.87. The molecule has 0 radical (unpaired) electrons. The number of unbranched alkanes of at least 4 members (excludes halogenated alkanes) is 1. The minimum atomic E-state index is -0.00911. The number of likely N-dealkylation sites (N-methyl/N-ethyl adjacent to an activating group) is 1. The van der Waals surface area contributed by atoms with Crippen LogP contribution in [0.3, 0.4) is 0 Å². The molecule has 2 rings (SSSR count). The maximum absolute atomic E-state index is 12.1. The average Bonchev–Trinajstić information content (AvgIpc) is 2.65. The van der Waals surface area contributed by atoms with Gasteiger partial charge in [0.15, 0.2) is 0 Å². The van der Waals surface area contributed by atoms with Gasteiger partial charge in [-0.2, -0.15) is 0 Å². The maximum atomic E-state index is 12.1. The van der Waals surface area contributed by atoms with E-state index in [9.17, 15) is 4.79 Å². The van der Waals surface area contributed by atoms with Crippen molar-refractivity contribution < 1.29 is 4.79 Å². The van der Waals surface area contributed by atoms with Gasteiger partial charge in [-0.15, -0.1) is 0 Å². The Morgan fingerprint density at radius 3 is 2.65 bits per heavy atom. The standard InChI is InChI=1S/C14H20N2O/c1-3-4-10-12-14(17)16(2)13(15-12)11-8-6-5-7-9-11/h5-9,12-13,15H,3-4,10H2,1-2H3. The molecule has 1 aliphatic heterocycles. The van der Waals surface area contributed by atoms with E-state index in [1.807, 2.05) is 30.1 Å². The van der Waals surface area contributed by atoms with Crippen molar-refractivity contribution in [3.05, 3.63) is 35.9 Å². The minimum absolute atomic E-state index is 0.00911. The maximum Gasteiger partial charge on any atom is 0.241 e. The summed E-state index contributed by atoms with van der Waals surface area (Å²) in [4.78, 5) is 13.9. The molecule has 3 heteroatoms. The van der Waals surface area contributed by atoms with Gasteiger partial charge in [0.25, 0.3) is 0 Å². The van der Waals surface area contributed by atoms with Gasteiger partial charge in [0.2, 0.25) is 5.91 Å². The molecule has 1 aromatic rings. The fraction of sp³-hybridized carbons (Fsp3) is 0.500. The van der Waals surface area contributed by atoms with Crippen LogP contribution in [-0.2, 0) is 4.79 Å². The second-order valence-electron chi connectivity index (χ2n) is 4.62. The number of benzene rings is 1. The highest BCUT2D eigenvalue weighted by Crippen LogP contribution is 2.25. The SMILES string of the molecule is CCCCC1NC(c2ccccc2)N(C)C1=O. The van der Waals surface area contributed by atoms with E-state index in [0.29, 0.717) is 0 Å². The summed E-state index contributed by atoms with van der Waals surface area (Å²) in [6.45, 7) is 2.15. The second-order valence-corrected chi connectivity index (χ2v) is 4.62. The van der Waals surface area contributed by atoms with Crippen molar-refractivity contribution in [2.45, 2.75) is 38.4 Å². The molecule has 1 saturated heterocycles. The number of hydrogen-bond acceptors (Lipinski definition) is 2. The van der Waals surface area contributed by atoms with Gasteiger partial charge in [-0.3, -0.25) is 10.1 Å². The highest BCUT2D eigenvalue weighted by atomic mass is 16.2. The first kappa shape index (κ1) is 12.1. The molecule has 1 aromatic carbocycles. The van der Waals surface area contributed by atoms with Gasteiger partial charge in [-0.1, -0.05) is 50.1 Å². The Kier molecular flexibility index (Phi) is 3.79. The highest BCUT2D eigenvalue weighted by molar-refractivity contribution is 5.84. The molecule has 1 amide bonds. The van der Waals surface area contributed by atoms with Crippen LogP contribution in [0.2, 0.25) is 0 Å². The van der Waals surface area contributed by atoms with E-state index < -0.39 is 0 Å². The smallest absolute Gasteiger partial charge is 0.241 e. The van der Waals surface area contributed by atoms with Crippen molar-refractivity contribution in [2.24, 2.45) is 0 Å². The number of rotatable bonds is 4. The molecule has 0 aromatic heterocycles. The third kappa shape index (κ3) is 2.50.